The van der Waals surface area contributed by atoms with Gasteiger partial charge in [-0.1, -0.05) is 6.07 Å². The Bertz CT molecular complexity index is 454. The molecule has 0 fully saturated rings. The van der Waals surface area contributed by atoms with Gasteiger partial charge < -0.3 is 10.5 Å². The Morgan fingerprint density at radius 3 is 2.67 bits per heavy atom. The zero-order valence-corrected chi connectivity index (χ0v) is 8.34. The standard InChI is InChI=1S/C11H11N3O/c1-8-5-6-11(14-13-8)15-10-4-2-3-9(12)7-10/h2-7H,12H2,1H3. The summed E-state index contributed by atoms with van der Waals surface area (Å²) in [6.45, 7) is 1.87. The predicted octanol–water partition coefficient (Wildman–Crippen LogP) is 2.16. The highest BCUT2D eigenvalue weighted by molar-refractivity contribution is 5.44. The molecule has 0 unspecified atom stereocenters. The van der Waals surface area contributed by atoms with Gasteiger partial charge in [0.2, 0.25) is 5.88 Å². The van der Waals surface area contributed by atoms with Gasteiger partial charge in [-0.25, -0.2) is 0 Å². The van der Waals surface area contributed by atoms with E-state index in [2.05, 4.69) is 10.2 Å². The van der Waals surface area contributed by atoms with E-state index in [9.17, 15) is 0 Å². The molecule has 2 N–H and O–H groups in total. The Morgan fingerprint density at radius 1 is 1.13 bits per heavy atom. The van der Waals surface area contributed by atoms with E-state index in [-0.39, 0.29) is 0 Å². The molecule has 1 heterocycles. The first-order chi connectivity index (χ1) is 7.24. The van der Waals surface area contributed by atoms with Crippen LogP contribution in [0.2, 0.25) is 0 Å². The van der Waals surface area contributed by atoms with Crippen molar-refractivity contribution in [2.75, 3.05) is 5.73 Å². The minimum atomic E-state index is 0.464. The summed E-state index contributed by atoms with van der Waals surface area (Å²) in [5, 5.41) is 7.78. The molecule has 0 spiro atoms. The fourth-order valence-corrected chi connectivity index (χ4v) is 1.14. The maximum absolute atomic E-state index is 5.62. The zero-order chi connectivity index (χ0) is 10.7. The number of nitrogen functional groups attached to an aromatic ring is 1. The lowest BCUT2D eigenvalue weighted by Gasteiger charge is -2.04. The number of anilines is 1. The van der Waals surface area contributed by atoms with Crippen molar-refractivity contribution in [3.63, 3.8) is 0 Å². The molecule has 0 atom stereocenters. The lowest BCUT2D eigenvalue weighted by molar-refractivity contribution is 0.454. The molecule has 2 aromatic rings. The van der Waals surface area contributed by atoms with Crippen molar-refractivity contribution in [2.24, 2.45) is 0 Å². The molecule has 0 amide bonds. The Labute approximate surface area is 87.7 Å². The summed E-state index contributed by atoms with van der Waals surface area (Å²) in [5.74, 6) is 1.12. The molecule has 4 heteroatoms. The first-order valence-corrected chi connectivity index (χ1v) is 4.58. The van der Waals surface area contributed by atoms with Crippen molar-refractivity contribution in [1.29, 1.82) is 0 Å². The Kier molecular flexibility index (Phi) is 2.49. The van der Waals surface area contributed by atoms with Crippen LogP contribution >= 0.6 is 0 Å². The van der Waals surface area contributed by atoms with Gasteiger partial charge in [0.1, 0.15) is 5.75 Å². The highest BCUT2D eigenvalue weighted by Gasteiger charge is 1.98. The molecule has 0 aliphatic rings. The van der Waals surface area contributed by atoms with Gasteiger partial charge in [0.25, 0.3) is 0 Å². The van der Waals surface area contributed by atoms with E-state index >= 15 is 0 Å². The Hall–Kier alpha value is -2.10. The van der Waals surface area contributed by atoms with Gasteiger partial charge >= 0.3 is 0 Å². The summed E-state index contributed by atoms with van der Waals surface area (Å²) in [6, 6.07) is 10.8. The van der Waals surface area contributed by atoms with E-state index in [0.717, 1.165) is 5.69 Å². The maximum atomic E-state index is 5.62. The van der Waals surface area contributed by atoms with Crippen LogP contribution in [0, 0.1) is 6.92 Å². The van der Waals surface area contributed by atoms with Crippen molar-refractivity contribution in [2.45, 2.75) is 6.92 Å². The Balaban J connectivity index is 2.18. The summed E-state index contributed by atoms with van der Waals surface area (Å²) in [4.78, 5) is 0. The van der Waals surface area contributed by atoms with Gasteiger partial charge in [-0.15, -0.1) is 5.10 Å². The summed E-state index contributed by atoms with van der Waals surface area (Å²) in [7, 11) is 0. The number of hydrogen-bond donors (Lipinski definition) is 1. The average Bonchev–Trinajstić information content (AvgIpc) is 2.22. The monoisotopic (exact) mass is 201 g/mol. The SMILES string of the molecule is Cc1ccc(Oc2cccc(N)c2)nn1. The van der Waals surface area contributed by atoms with Crippen LogP contribution < -0.4 is 10.5 Å². The van der Waals surface area contributed by atoms with Crippen LogP contribution in [0.3, 0.4) is 0 Å². The highest BCUT2D eigenvalue weighted by Crippen LogP contribution is 2.20. The number of nitrogens with zero attached hydrogens (tertiary/aromatic N) is 2. The molecule has 0 saturated heterocycles. The number of rotatable bonds is 2. The van der Waals surface area contributed by atoms with Crippen LogP contribution in [0.4, 0.5) is 5.69 Å². The molecule has 0 radical (unpaired) electrons. The second-order valence-corrected chi connectivity index (χ2v) is 3.19. The molecule has 0 saturated carbocycles. The van der Waals surface area contributed by atoms with Gasteiger partial charge in [0.15, 0.2) is 0 Å². The van der Waals surface area contributed by atoms with Crippen LogP contribution in [0.1, 0.15) is 5.69 Å². The smallest absolute Gasteiger partial charge is 0.238 e. The van der Waals surface area contributed by atoms with E-state index in [1.54, 1.807) is 18.2 Å². The van der Waals surface area contributed by atoms with E-state index in [0.29, 0.717) is 17.3 Å². The van der Waals surface area contributed by atoms with Gasteiger partial charge in [-0.3, -0.25) is 0 Å². The van der Waals surface area contributed by atoms with Crippen LogP contribution in [0.15, 0.2) is 36.4 Å². The minimum absolute atomic E-state index is 0.464. The molecule has 0 aliphatic carbocycles. The van der Waals surface area contributed by atoms with Gasteiger partial charge in [0.05, 0.1) is 5.69 Å². The van der Waals surface area contributed by atoms with Crippen LogP contribution in [0.5, 0.6) is 11.6 Å². The van der Waals surface area contributed by atoms with Crippen molar-refractivity contribution < 1.29 is 4.74 Å². The third kappa shape index (κ3) is 2.43. The van der Waals surface area contributed by atoms with Gasteiger partial charge in [-0.05, 0) is 25.1 Å². The average molecular weight is 201 g/mol. The fraction of sp³-hybridized carbons (Fsp3) is 0.0909. The Morgan fingerprint density at radius 2 is 2.00 bits per heavy atom. The van der Waals surface area contributed by atoms with Crippen LogP contribution in [0.25, 0.3) is 0 Å². The third-order valence-electron chi connectivity index (χ3n) is 1.85. The van der Waals surface area contributed by atoms with Crippen molar-refractivity contribution in [3.05, 3.63) is 42.1 Å². The molecular formula is C11H11N3O. The topological polar surface area (TPSA) is 61.0 Å². The first-order valence-electron chi connectivity index (χ1n) is 4.58. The molecule has 1 aromatic heterocycles. The molecule has 0 aliphatic heterocycles. The third-order valence-corrected chi connectivity index (χ3v) is 1.85. The van der Waals surface area contributed by atoms with Gasteiger partial charge in [0, 0.05) is 17.8 Å². The second-order valence-electron chi connectivity index (χ2n) is 3.19. The molecular weight excluding hydrogens is 190 g/mol. The number of ether oxygens (including phenoxy) is 1. The molecule has 0 bridgehead atoms. The number of hydrogen-bond acceptors (Lipinski definition) is 4. The lowest BCUT2D eigenvalue weighted by atomic mass is 10.3. The van der Waals surface area contributed by atoms with Crippen molar-refractivity contribution >= 4 is 5.69 Å². The van der Waals surface area contributed by atoms with Crippen LogP contribution in [-0.4, -0.2) is 10.2 Å². The second kappa shape index (κ2) is 3.96. The summed E-state index contributed by atoms with van der Waals surface area (Å²) in [5.41, 5.74) is 7.14. The molecule has 1 aromatic carbocycles. The normalized spacial score (nSPS) is 9.93. The summed E-state index contributed by atoms with van der Waals surface area (Å²) in [6.07, 6.45) is 0. The largest absolute Gasteiger partial charge is 0.437 e. The summed E-state index contributed by atoms with van der Waals surface area (Å²) < 4.78 is 5.46. The van der Waals surface area contributed by atoms with Gasteiger partial charge in [-0.2, -0.15) is 5.10 Å². The minimum Gasteiger partial charge on any atom is -0.437 e. The van der Waals surface area contributed by atoms with E-state index in [1.165, 1.54) is 0 Å². The van der Waals surface area contributed by atoms with Crippen molar-refractivity contribution in [1.82, 2.24) is 10.2 Å². The molecule has 15 heavy (non-hydrogen) atoms. The number of aromatic nitrogens is 2. The van der Waals surface area contributed by atoms with E-state index in [1.807, 2.05) is 25.1 Å². The lowest BCUT2D eigenvalue weighted by Crippen LogP contribution is -1.92. The highest BCUT2D eigenvalue weighted by atomic mass is 16.5. The predicted molar refractivity (Wildman–Crippen MR) is 57.7 cm³/mol. The molecule has 2 rings (SSSR count). The van der Waals surface area contributed by atoms with E-state index in [4.69, 9.17) is 10.5 Å². The summed E-state index contributed by atoms with van der Waals surface area (Å²) >= 11 is 0. The molecule has 4 nitrogen and oxygen atoms in total. The van der Waals surface area contributed by atoms with Crippen molar-refractivity contribution in [3.8, 4) is 11.6 Å². The first kappa shape index (κ1) is 9.45. The maximum Gasteiger partial charge on any atom is 0.238 e. The number of benzene rings is 1. The fourth-order valence-electron chi connectivity index (χ4n) is 1.14. The number of nitrogens with two attached hydrogens (primary N) is 1. The molecule has 76 valence electrons. The van der Waals surface area contributed by atoms with Crippen LogP contribution in [-0.2, 0) is 0 Å². The zero-order valence-electron chi connectivity index (χ0n) is 8.34. The van der Waals surface area contributed by atoms with E-state index < -0.39 is 0 Å². The number of aryl methyl sites for hydroxylation is 1. The quantitative estimate of drug-likeness (QED) is 0.756.